The third-order valence-electron chi connectivity index (χ3n) is 0.800. The minimum absolute atomic E-state index is 0.176. The predicted molar refractivity (Wildman–Crippen MR) is 43.6 cm³/mol. The average Bonchev–Trinajstić information content (AvgIpc) is 1.85. The molecular formula is C6H12NO4P. The molecule has 0 aromatic rings. The lowest BCUT2D eigenvalue weighted by Crippen LogP contribution is -2.01. The summed E-state index contributed by atoms with van der Waals surface area (Å²) in [5, 5.41) is 0. The third kappa shape index (κ3) is 4.42. The highest BCUT2D eigenvalue weighted by molar-refractivity contribution is 7.52. The molecule has 0 fully saturated rings. The third-order valence-corrected chi connectivity index (χ3v) is 2.40. The molecule has 0 saturated heterocycles. The Kier molecular flexibility index (Phi) is 5.02. The van der Waals surface area contributed by atoms with Crippen LogP contribution in [-0.4, -0.2) is 18.8 Å². The number of carbonyl (C=O) groups excluding carboxylic acids is 1. The van der Waals surface area contributed by atoms with Crippen molar-refractivity contribution in [3.63, 3.8) is 0 Å². The molecule has 1 unspecified atom stereocenters. The Balaban J connectivity index is 4.39. The second kappa shape index (κ2) is 5.22. The van der Waals surface area contributed by atoms with E-state index in [0.717, 1.165) is 6.08 Å². The van der Waals surface area contributed by atoms with Gasteiger partial charge in [0, 0.05) is 0 Å². The van der Waals surface area contributed by atoms with Crippen LogP contribution in [0, 0.1) is 0 Å². The van der Waals surface area contributed by atoms with Crippen molar-refractivity contribution >= 4 is 13.8 Å². The number of hydrogen-bond acceptors (Lipinski definition) is 4. The first kappa shape index (κ1) is 11.5. The van der Waals surface area contributed by atoms with Gasteiger partial charge in [-0.15, -0.1) is 0 Å². The van der Waals surface area contributed by atoms with Gasteiger partial charge in [-0.1, -0.05) is 4.76 Å². The molecule has 12 heavy (non-hydrogen) atoms. The van der Waals surface area contributed by atoms with Crippen LogP contribution < -0.4 is 0 Å². The van der Waals surface area contributed by atoms with Gasteiger partial charge in [-0.2, -0.15) is 0 Å². The second-order valence-corrected chi connectivity index (χ2v) is 3.84. The van der Waals surface area contributed by atoms with Crippen molar-refractivity contribution in [2.24, 2.45) is 4.76 Å². The molecule has 70 valence electrons. The lowest BCUT2D eigenvalue weighted by Gasteiger charge is -2.13. The summed E-state index contributed by atoms with van der Waals surface area (Å²) in [4.78, 5) is 9.85. The molecule has 0 rings (SSSR count). The van der Waals surface area contributed by atoms with Crippen molar-refractivity contribution in [3.05, 3.63) is 0 Å². The maximum Gasteiger partial charge on any atom is 0.464 e. The Morgan fingerprint density at radius 2 is 2.17 bits per heavy atom. The van der Waals surface area contributed by atoms with E-state index in [-0.39, 0.29) is 12.7 Å². The summed E-state index contributed by atoms with van der Waals surface area (Å²) < 4.78 is 23.8. The zero-order chi connectivity index (χ0) is 9.61. The molecule has 0 radical (unpaired) electrons. The molecule has 0 aliphatic carbocycles. The fourth-order valence-electron chi connectivity index (χ4n) is 0.562. The van der Waals surface area contributed by atoms with Crippen molar-refractivity contribution in [1.82, 2.24) is 0 Å². The summed E-state index contributed by atoms with van der Waals surface area (Å²) in [5.74, 6) is 0. The first-order valence-electron chi connectivity index (χ1n) is 3.56. The number of hydrogen-bond donors (Lipinski definition) is 0. The van der Waals surface area contributed by atoms with E-state index in [0.29, 0.717) is 0 Å². The fourth-order valence-corrected chi connectivity index (χ4v) is 1.69. The largest absolute Gasteiger partial charge is 0.464 e. The number of rotatable bonds is 5. The van der Waals surface area contributed by atoms with Crippen LogP contribution in [0.25, 0.3) is 0 Å². The van der Waals surface area contributed by atoms with E-state index in [1.54, 1.807) is 20.8 Å². The Hall–Kier alpha value is -0.470. The Morgan fingerprint density at radius 1 is 1.58 bits per heavy atom. The molecule has 0 aromatic carbocycles. The van der Waals surface area contributed by atoms with Crippen molar-refractivity contribution in [1.29, 1.82) is 0 Å². The van der Waals surface area contributed by atoms with Crippen LogP contribution in [-0.2, 0) is 18.4 Å². The topological polar surface area (TPSA) is 65.0 Å². The molecule has 0 aliphatic rings. The van der Waals surface area contributed by atoms with Crippen LogP contribution in [0.3, 0.4) is 0 Å². The zero-order valence-corrected chi connectivity index (χ0v) is 8.21. The Bertz CT molecular complexity index is 222. The van der Waals surface area contributed by atoms with Gasteiger partial charge >= 0.3 is 7.75 Å². The SMILES string of the molecule is CCOP(=O)(N=C=O)OC(C)C. The molecule has 0 aliphatic heterocycles. The molecule has 1 atom stereocenters. The van der Waals surface area contributed by atoms with Gasteiger partial charge in [0.25, 0.3) is 0 Å². The van der Waals surface area contributed by atoms with Gasteiger partial charge in [-0.05, 0) is 20.8 Å². The molecule has 0 spiro atoms. The van der Waals surface area contributed by atoms with Crippen molar-refractivity contribution in [3.8, 4) is 0 Å². The number of nitrogens with zero attached hydrogens (tertiary/aromatic N) is 1. The highest BCUT2D eigenvalue weighted by atomic mass is 31.2. The molecule has 5 nitrogen and oxygen atoms in total. The molecule has 0 amide bonds. The van der Waals surface area contributed by atoms with Crippen LogP contribution in [0.15, 0.2) is 4.76 Å². The zero-order valence-electron chi connectivity index (χ0n) is 7.31. The summed E-state index contributed by atoms with van der Waals surface area (Å²) >= 11 is 0. The highest BCUT2D eigenvalue weighted by Gasteiger charge is 2.24. The molecule has 6 heteroatoms. The fraction of sp³-hybridized carbons (Fsp3) is 0.833. The van der Waals surface area contributed by atoms with Gasteiger partial charge in [0.2, 0.25) is 6.08 Å². The van der Waals surface area contributed by atoms with E-state index < -0.39 is 7.75 Å². The van der Waals surface area contributed by atoms with Gasteiger partial charge in [-0.25, -0.2) is 9.36 Å². The standard InChI is InChI=1S/C6H12NO4P/c1-4-10-12(9,7-5-8)11-6(2)3/h6H,4H2,1-3H3. The van der Waals surface area contributed by atoms with E-state index in [2.05, 4.69) is 9.29 Å². The van der Waals surface area contributed by atoms with Crippen LogP contribution in [0.5, 0.6) is 0 Å². The minimum Gasteiger partial charge on any atom is -0.291 e. The van der Waals surface area contributed by atoms with E-state index in [4.69, 9.17) is 4.52 Å². The average molecular weight is 193 g/mol. The van der Waals surface area contributed by atoms with Crippen LogP contribution in [0.2, 0.25) is 0 Å². The highest BCUT2D eigenvalue weighted by Crippen LogP contribution is 2.50. The molecular weight excluding hydrogens is 181 g/mol. The normalized spacial score (nSPS) is 15.3. The van der Waals surface area contributed by atoms with E-state index in [1.165, 1.54) is 0 Å². The maximum absolute atomic E-state index is 11.4. The monoisotopic (exact) mass is 193 g/mol. The lowest BCUT2D eigenvalue weighted by molar-refractivity contribution is 0.174. The summed E-state index contributed by atoms with van der Waals surface area (Å²) in [6.45, 7) is 5.16. The van der Waals surface area contributed by atoms with Crippen molar-refractivity contribution in [2.75, 3.05) is 6.61 Å². The molecule has 0 aromatic heterocycles. The van der Waals surface area contributed by atoms with E-state index in [1.807, 2.05) is 0 Å². The van der Waals surface area contributed by atoms with Gasteiger partial charge in [0.05, 0.1) is 12.7 Å². The maximum atomic E-state index is 11.4. The molecule has 0 N–H and O–H groups in total. The van der Waals surface area contributed by atoms with Gasteiger partial charge in [0.1, 0.15) is 0 Å². The molecule has 0 bridgehead atoms. The van der Waals surface area contributed by atoms with Gasteiger partial charge in [0.15, 0.2) is 0 Å². The second-order valence-electron chi connectivity index (χ2n) is 2.23. The van der Waals surface area contributed by atoms with Crippen LogP contribution in [0.4, 0.5) is 0 Å². The van der Waals surface area contributed by atoms with Crippen LogP contribution in [0.1, 0.15) is 20.8 Å². The van der Waals surface area contributed by atoms with Gasteiger partial charge in [-0.3, -0.25) is 9.05 Å². The Morgan fingerprint density at radius 3 is 2.50 bits per heavy atom. The minimum atomic E-state index is -3.57. The first-order valence-corrected chi connectivity index (χ1v) is 5.06. The van der Waals surface area contributed by atoms with Crippen molar-refractivity contribution in [2.45, 2.75) is 26.9 Å². The predicted octanol–water partition coefficient (Wildman–Crippen LogP) is 1.89. The van der Waals surface area contributed by atoms with Crippen LogP contribution >= 0.6 is 7.75 Å². The van der Waals surface area contributed by atoms with E-state index >= 15 is 0 Å². The van der Waals surface area contributed by atoms with E-state index in [9.17, 15) is 9.36 Å². The quantitative estimate of drug-likeness (QED) is 0.380. The van der Waals surface area contributed by atoms with Crippen molar-refractivity contribution < 1.29 is 18.4 Å². The van der Waals surface area contributed by atoms with Gasteiger partial charge < -0.3 is 0 Å². The Labute approximate surface area is 71.4 Å². The molecule has 0 heterocycles. The summed E-state index contributed by atoms with van der Waals surface area (Å²) in [7, 11) is -3.57. The smallest absolute Gasteiger partial charge is 0.291 e. The first-order chi connectivity index (χ1) is 5.54. The summed E-state index contributed by atoms with van der Waals surface area (Å²) in [6, 6.07) is 0. The summed E-state index contributed by atoms with van der Waals surface area (Å²) in [6.07, 6.45) is 0.854. The number of isocyanates is 1. The summed E-state index contributed by atoms with van der Waals surface area (Å²) in [5.41, 5.74) is 0. The molecule has 0 saturated carbocycles. The lowest BCUT2D eigenvalue weighted by atomic mass is 10.5.